The van der Waals surface area contributed by atoms with Crippen LogP contribution in [0.5, 0.6) is 0 Å². The second-order valence-electron chi connectivity index (χ2n) is 5.59. The number of nitrogens with one attached hydrogen (secondary N) is 3. The maximum atomic E-state index is 11.6. The minimum absolute atomic E-state index is 0.0818. The summed E-state index contributed by atoms with van der Waals surface area (Å²) in [5.74, 6) is 0. The van der Waals surface area contributed by atoms with Crippen molar-refractivity contribution < 1.29 is 38.8 Å². The highest BCUT2D eigenvalue weighted by atomic mass is 16.6. The summed E-state index contributed by atoms with van der Waals surface area (Å²) in [5, 5.41) is 24.8. The number of alkyl carbamates (subject to hydrolysis) is 3. The number of ether oxygens (including phenoxy) is 3. The molecule has 0 aromatic rings. The number of amides is 3. The number of aliphatic hydroxyl groups is 2. The van der Waals surface area contributed by atoms with Crippen LogP contribution in [-0.4, -0.2) is 80.2 Å². The normalized spacial score (nSPS) is 13.7. The summed E-state index contributed by atoms with van der Waals surface area (Å²) in [7, 11) is 1.35. The van der Waals surface area contributed by atoms with Crippen LogP contribution in [0.25, 0.3) is 0 Å². The van der Waals surface area contributed by atoms with Gasteiger partial charge in [0.1, 0.15) is 13.2 Å². The van der Waals surface area contributed by atoms with E-state index in [9.17, 15) is 14.4 Å². The van der Waals surface area contributed by atoms with E-state index in [4.69, 9.17) is 24.4 Å². The molecular weight excluding hydrogens is 350 g/mol. The summed E-state index contributed by atoms with van der Waals surface area (Å²) < 4.78 is 14.8. The molecule has 0 bridgehead atoms. The molecule has 0 saturated carbocycles. The molecule has 11 heteroatoms. The van der Waals surface area contributed by atoms with Crippen LogP contribution in [0.2, 0.25) is 0 Å². The third-order valence-corrected chi connectivity index (χ3v) is 3.13. The van der Waals surface area contributed by atoms with E-state index >= 15 is 0 Å². The summed E-state index contributed by atoms with van der Waals surface area (Å²) in [6, 6.07) is -0.582. The van der Waals surface area contributed by atoms with Gasteiger partial charge in [-0.25, -0.2) is 14.4 Å². The quantitative estimate of drug-likeness (QED) is 0.307. The van der Waals surface area contributed by atoms with E-state index < -0.39 is 24.4 Å². The van der Waals surface area contributed by atoms with Crippen molar-refractivity contribution >= 4 is 18.3 Å². The third kappa shape index (κ3) is 12.1. The van der Waals surface area contributed by atoms with Crippen LogP contribution in [0.15, 0.2) is 0 Å². The first-order valence-electron chi connectivity index (χ1n) is 8.29. The van der Waals surface area contributed by atoms with Gasteiger partial charge in [0.05, 0.1) is 0 Å². The fourth-order valence-electron chi connectivity index (χ4n) is 1.68. The van der Waals surface area contributed by atoms with Gasteiger partial charge in [0.25, 0.3) is 0 Å². The van der Waals surface area contributed by atoms with Gasteiger partial charge in [-0.2, -0.15) is 0 Å². The summed E-state index contributed by atoms with van der Waals surface area (Å²) in [6.07, 6.45) is -2.56. The van der Waals surface area contributed by atoms with Gasteiger partial charge in [0.2, 0.25) is 0 Å². The van der Waals surface area contributed by atoms with Crippen LogP contribution in [0, 0.1) is 0 Å². The zero-order valence-corrected chi connectivity index (χ0v) is 15.3. The number of carbonyl (C=O) groups is 3. The maximum absolute atomic E-state index is 11.6. The van der Waals surface area contributed by atoms with E-state index in [0.29, 0.717) is 12.8 Å². The fourth-order valence-corrected chi connectivity index (χ4v) is 1.68. The average molecular weight is 379 g/mol. The van der Waals surface area contributed by atoms with Crippen LogP contribution in [-0.2, 0) is 14.2 Å². The molecule has 11 nitrogen and oxygen atoms in total. The van der Waals surface area contributed by atoms with Crippen molar-refractivity contribution in [2.75, 3.05) is 33.5 Å². The Morgan fingerprint density at radius 1 is 0.846 bits per heavy atom. The zero-order valence-electron chi connectivity index (χ0n) is 15.3. The smallest absolute Gasteiger partial charge is 0.407 e. The lowest BCUT2D eigenvalue weighted by molar-refractivity contribution is 0.00698. The second-order valence-corrected chi connectivity index (χ2v) is 5.59. The van der Waals surface area contributed by atoms with Crippen LogP contribution >= 0.6 is 0 Å². The van der Waals surface area contributed by atoms with E-state index in [2.05, 4.69) is 16.0 Å². The molecule has 3 amide bonds. The van der Waals surface area contributed by atoms with Crippen molar-refractivity contribution in [2.24, 2.45) is 0 Å². The van der Waals surface area contributed by atoms with Crippen LogP contribution in [0.3, 0.4) is 0 Å². The molecule has 0 fully saturated rings. The predicted molar refractivity (Wildman–Crippen MR) is 90.6 cm³/mol. The molecule has 2 unspecified atom stereocenters. The van der Waals surface area contributed by atoms with Crippen molar-refractivity contribution in [3.8, 4) is 0 Å². The van der Waals surface area contributed by atoms with E-state index in [1.165, 1.54) is 7.05 Å². The lowest BCUT2D eigenvalue weighted by Crippen LogP contribution is -2.40. The van der Waals surface area contributed by atoms with Crippen LogP contribution in [0.4, 0.5) is 14.4 Å². The summed E-state index contributed by atoms with van der Waals surface area (Å²) in [4.78, 5) is 34.6. The highest BCUT2D eigenvalue weighted by Gasteiger charge is 2.20. The van der Waals surface area contributed by atoms with Gasteiger partial charge in [0.15, 0.2) is 6.10 Å². The van der Waals surface area contributed by atoms with E-state index in [-0.39, 0.29) is 38.5 Å². The van der Waals surface area contributed by atoms with Gasteiger partial charge < -0.3 is 40.4 Å². The highest BCUT2D eigenvalue weighted by molar-refractivity contribution is 5.69. The Morgan fingerprint density at radius 2 is 1.27 bits per heavy atom. The van der Waals surface area contributed by atoms with E-state index in [1.54, 1.807) is 13.8 Å². The molecule has 0 aliphatic heterocycles. The largest absolute Gasteiger partial charge is 0.445 e. The molecule has 26 heavy (non-hydrogen) atoms. The number of rotatable bonds is 11. The predicted octanol–water partition coefficient (Wildman–Crippen LogP) is -0.295. The second kappa shape index (κ2) is 14.0. The molecule has 152 valence electrons. The minimum Gasteiger partial charge on any atom is -0.445 e. The first-order chi connectivity index (χ1) is 12.3. The molecule has 0 radical (unpaired) electrons. The molecule has 5 N–H and O–H groups in total. The van der Waals surface area contributed by atoms with E-state index in [1.807, 2.05) is 0 Å². The number of hydrogen-bond donors (Lipinski definition) is 5. The molecule has 0 spiro atoms. The average Bonchev–Trinajstić information content (AvgIpc) is 2.57. The van der Waals surface area contributed by atoms with Crippen molar-refractivity contribution in [3.05, 3.63) is 0 Å². The molecule has 0 saturated heterocycles. The number of aliphatic hydroxyl groups excluding tert-OH is 2. The maximum Gasteiger partial charge on any atom is 0.407 e. The van der Waals surface area contributed by atoms with Crippen molar-refractivity contribution in [3.63, 3.8) is 0 Å². The topological polar surface area (TPSA) is 155 Å². The Balaban J connectivity index is 4.41. The summed E-state index contributed by atoms with van der Waals surface area (Å²) in [5.41, 5.74) is 0. The number of hydrogen-bond acceptors (Lipinski definition) is 8. The third-order valence-electron chi connectivity index (χ3n) is 3.13. The lowest BCUT2D eigenvalue weighted by atomic mass is 10.2. The minimum atomic E-state index is -1.01. The fraction of sp³-hybridized carbons (Fsp3) is 0.800. The number of carbonyl (C=O) groups excluding carboxylic acids is 3. The van der Waals surface area contributed by atoms with E-state index in [0.717, 1.165) is 0 Å². The van der Waals surface area contributed by atoms with Crippen molar-refractivity contribution in [1.29, 1.82) is 0 Å². The molecular formula is C15H29N3O8. The standard InChI is InChI=1S/C15H29N3O8/c1-10(4-6-19)17-14(22)24-8-12(26-13(21)16-3)9-25-15(23)18-11(2)5-7-20/h10-12,19-20H,4-9H2,1-3H3,(H,16,21)(H,17,22)(H,18,23). The summed E-state index contributed by atoms with van der Waals surface area (Å²) in [6.45, 7) is 2.56. The molecule has 0 rings (SSSR count). The molecule has 2 atom stereocenters. The Hall–Kier alpha value is -2.27. The highest BCUT2D eigenvalue weighted by Crippen LogP contribution is 1.99. The molecule has 0 aliphatic rings. The SMILES string of the molecule is CNC(=O)OC(COC(=O)NC(C)CCO)COC(=O)NC(C)CCO. The van der Waals surface area contributed by atoms with Gasteiger partial charge in [-0.15, -0.1) is 0 Å². The molecule has 0 aliphatic carbocycles. The lowest BCUT2D eigenvalue weighted by Gasteiger charge is -2.19. The van der Waals surface area contributed by atoms with Gasteiger partial charge in [0, 0.05) is 32.3 Å². The Bertz CT molecular complexity index is 405. The monoisotopic (exact) mass is 379 g/mol. The molecule has 0 aromatic heterocycles. The Kier molecular flexibility index (Phi) is 12.7. The van der Waals surface area contributed by atoms with Crippen molar-refractivity contribution in [2.45, 2.75) is 44.9 Å². The van der Waals surface area contributed by atoms with Gasteiger partial charge in [-0.05, 0) is 26.7 Å². The van der Waals surface area contributed by atoms with Gasteiger partial charge in [-0.3, -0.25) is 0 Å². The first-order valence-corrected chi connectivity index (χ1v) is 8.29. The van der Waals surface area contributed by atoms with Gasteiger partial charge >= 0.3 is 18.3 Å². The zero-order chi connectivity index (χ0) is 19.9. The Morgan fingerprint density at radius 3 is 1.62 bits per heavy atom. The van der Waals surface area contributed by atoms with Gasteiger partial charge in [-0.1, -0.05) is 0 Å². The Labute approximate surface area is 152 Å². The summed E-state index contributed by atoms with van der Waals surface area (Å²) >= 11 is 0. The molecule has 0 aromatic carbocycles. The molecule has 0 heterocycles. The first kappa shape index (κ1) is 23.7. The van der Waals surface area contributed by atoms with Crippen molar-refractivity contribution in [1.82, 2.24) is 16.0 Å². The van der Waals surface area contributed by atoms with Crippen LogP contribution in [0.1, 0.15) is 26.7 Å². The van der Waals surface area contributed by atoms with Crippen LogP contribution < -0.4 is 16.0 Å².